The van der Waals surface area contributed by atoms with Crippen LogP contribution in [0.4, 0.5) is 0 Å². The number of rotatable bonds is 4. The average molecular weight is 338 g/mol. The van der Waals surface area contributed by atoms with Crippen LogP contribution in [0.5, 0.6) is 0 Å². The maximum atomic E-state index is 12.9. The van der Waals surface area contributed by atoms with Crippen molar-refractivity contribution in [2.75, 3.05) is 6.61 Å². The monoisotopic (exact) mass is 338 g/mol. The minimum Gasteiger partial charge on any atom is -0.466 e. The smallest absolute Gasteiger partial charge is 0.310 e. The number of hydrogen-bond acceptors (Lipinski definition) is 6. The van der Waals surface area contributed by atoms with Gasteiger partial charge in [-0.3, -0.25) is 13.8 Å². The minimum absolute atomic E-state index is 0.0354. The molecule has 1 saturated heterocycles. The molecule has 2 fully saturated rings. The van der Waals surface area contributed by atoms with E-state index in [1.807, 2.05) is 0 Å². The SMILES string of the molecule is CCOC(=O)[C@@H]1[C@@H]2CC(=O)O[C@@H]2[C@@H](O)[C@H]1S(=O)c1ccccc1. The Bertz CT molecular complexity index is 631. The van der Waals surface area contributed by atoms with Gasteiger partial charge in [0.25, 0.3) is 0 Å². The molecule has 2 aliphatic rings. The molecule has 23 heavy (non-hydrogen) atoms. The molecule has 0 aromatic heterocycles. The van der Waals surface area contributed by atoms with Gasteiger partial charge in [-0.1, -0.05) is 18.2 Å². The largest absolute Gasteiger partial charge is 0.466 e. The van der Waals surface area contributed by atoms with Crippen molar-refractivity contribution in [3.63, 3.8) is 0 Å². The first-order valence-electron chi connectivity index (χ1n) is 7.54. The highest BCUT2D eigenvalue weighted by Gasteiger charge is 2.61. The fraction of sp³-hybridized carbons (Fsp3) is 0.500. The number of aliphatic hydroxyl groups is 1. The first kappa shape index (κ1) is 16.1. The van der Waals surface area contributed by atoms with Gasteiger partial charge >= 0.3 is 11.9 Å². The van der Waals surface area contributed by atoms with E-state index >= 15 is 0 Å². The number of carbonyl (C=O) groups excluding carboxylic acids is 2. The predicted molar refractivity (Wildman–Crippen MR) is 80.8 cm³/mol. The third-order valence-corrected chi connectivity index (χ3v) is 6.17. The van der Waals surface area contributed by atoms with E-state index in [1.54, 1.807) is 37.3 Å². The van der Waals surface area contributed by atoms with E-state index in [0.29, 0.717) is 4.90 Å². The van der Waals surface area contributed by atoms with E-state index in [4.69, 9.17) is 9.47 Å². The topological polar surface area (TPSA) is 89.9 Å². The zero-order valence-electron chi connectivity index (χ0n) is 12.6. The van der Waals surface area contributed by atoms with Crippen LogP contribution >= 0.6 is 0 Å². The van der Waals surface area contributed by atoms with Crippen LogP contribution in [0.2, 0.25) is 0 Å². The van der Waals surface area contributed by atoms with Gasteiger partial charge < -0.3 is 14.6 Å². The Balaban J connectivity index is 1.95. The van der Waals surface area contributed by atoms with Crippen molar-refractivity contribution in [2.24, 2.45) is 11.8 Å². The maximum Gasteiger partial charge on any atom is 0.310 e. The highest BCUT2D eigenvalue weighted by molar-refractivity contribution is 7.85. The number of ether oxygens (including phenoxy) is 2. The van der Waals surface area contributed by atoms with E-state index in [-0.39, 0.29) is 13.0 Å². The molecule has 0 bridgehead atoms. The molecular weight excluding hydrogens is 320 g/mol. The quantitative estimate of drug-likeness (QED) is 0.811. The van der Waals surface area contributed by atoms with Crippen molar-refractivity contribution in [1.82, 2.24) is 0 Å². The van der Waals surface area contributed by atoms with Crippen molar-refractivity contribution in [3.8, 4) is 0 Å². The molecule has 6 nitrogen and oxygen atoms in total. The van der Waals surface area contributed by atoms with Gasteiger partial charge in [-0.2, -0.15) is 0 Å². The number of carbonyl (C=O) groups is 2. The molecule has 0 amide bonds. The van der Waals surface area contributed by atoms with Gasteiger partial charge in [-0.25, -0.2) is 0 Å². The summed E-state index contributed by atoms with van der Waals surface area (Å²) in [6.45, 7) is 1.86. The zero-order chi connectivity index (χ0) is 16.6. The van der Waals surface area contributed by atoms with E-state index in [9.17, 15) is 18.9 Å². The highest BCUT2D eigenvalue weighted by Crippen LogP contribution is 2.45. The Kier molecular flexibility index (Phi) is 4.50. The second-order valence-electron chi connectivity index (χ2n) is 5.67. The molecule has 6 atom stereocenters. The summed E-state index contributed by atoms with van der Waals surface area (Å²) in [6.07, 6.45) is -1.91. The molecule has 1 unspecified atom stereocenters. The van der Waals surface area contributed by atoms with Crippen molar-refractivity contribution in [1.29, 1.82) is 0 Å². The van der Waals surface area contributed by atoms with E-state index in [2.05, 4.69) is 0 Å². The van der Waals surface area contributed by atoms with Gasteiger partial charge in [0.15, 0.2) is 0 Å². The van der Waals surface area contributed by atoms with E-state index < -0.39 is 52.0 Å². The number of benzene rings is 1. The normalized spacial score (nSPS) is 33.8. The number of aliphatic hydroxyl groups excluding tert-OH is 1. The summed E-state index contributed by atoms with van der Waals surface area (Å²) in [5.41, 5.74) is 0. The van der Waals surface area contributed by atoms with Crippen LogP contribution in [0.15, 0.2) is 35.2 Å². The first-order chi connectivity index (χ1) is 11.0. The molecule has 7 heteroatoms. The Hall–Kier alpha value is -1.73. The number of fused-ring (bicyclic) bond motifs is 1. The minimum atomic E-state index is -1.61. The average Bonchev–Trinajstić information content (AvgIpc) is 3.04. The molecular formula is C16H18O6S. The molecule has 3 rings (SSSR count). The summed E-state index contributed by atoms with van der Waals surface area (Å²) in [6, 6.07) is 8.66. The molecule has 124 valence electrons. The van der Waals surface area contributed by atoms with Gasteiger partial charge in [0.05, 0.1) is 35.0 Å². The summed E-state index contributed by atoms with van der Waals surface area (Å²) < 4.78 is 23.1. The first-order valence-corrected chi connectivity index (χ1v) is 8.75. The van der Waals surface area contributed by atoms with Crippen LogP contribution in [0.25, 0.3) is 0 Å². The molecule has 1 aromatic rings. The molecule has 1 aliphatic carbocycles. The Morgan fingerprint density at radius 3 is 2.74 bits per heavy atom. The molecule has 1 saturated carbocycles. The van der Waals surface area contributed by atoms with Crippen molar-refractivity contribution < 1.29 is 28.4 Å². The Morgan fingerprint density at radius 2 is 2.09 bits per heavy atom. The zero-order valence-corrected chi connectivity index (χ0v) is 13.4. The van der Waals surface area contributed by atoms with Crippen LogP contribution in [0, 0.1) is 11.8 Å². The van der Waals surface area contributed by atoms with Crippen LogP contribution in [-0.4, -0.2) is 45.3 Å². The fourth-order valence-corrected chi connectivity index (χ4v) is 5.14. The second-order valence-corrected chi connectivity index (χ2v) is 7.28. The third kappa shape index (κ3) is 2.79. The summed E-state index contributed by atoms with van der Waals surface area (Å²) in [4.78, 5) is 24.4. The lowest BCUT2D eigenvalue weighted by Crippen LogP contribution is -2.39. The summed E-state index contributed by atoms with van der Waals surface area (Å²) >= 11 is 0. The van der Waals surface area contributed by atoms with Crippen molar-refractivity contribution >= 4 is 22.7 Å². The van der Waals surface area contributed by atoms with E-state index in [1.165, 1.54) is 0 Å². The Labute approximate surface area is 136 Å². The number of esters is 2. The molecule has 1 aliphatic heterocycles. The maximum absolute atomic E-state index is 12.9. The van der Waals surface area contributed by atoms with Crippen molar-refractivity contribution in [2.45, 2.75) is 35.7 Å². The summed E-state index contributed by atoms with van der Waals surface area (Å²) in [5, 5.41) is 9.67. The molecule has 1 N–H and O–H groups in total. The standard InChI is InChI=1S/C16H18O6S/c1-2-21-16(19)12-10-8-11(17)22-14(10)13(18)15(12)23(20)9-6-4-3-5-7-9/h3-7,10,12-15,18H,2,8H2,1H3/t10-,12+,13+,14-,15-,23?/m0/s1. The third-order valence-electron chi connectivity index (χ3n) is 4.36. The molecule has 0 radical (unpaired) electrons. The van der Waals surface area contributed by atoms with Crippen LogP contribution in [-0.2, 0) is 29.9 Å². The van der Waals surface area contributed by atoms with Crippen LogP contribution < -0.4 is 0 Å². The van der Waals surface area contributed by atoms with Gasteiger partial charge in [-0.05, 0) is 19.1 Å². The summed E-state index contributed by atoms with van der Waals surface area (Å²) in [7, 11) is -1.61. The molecule has 0 spiro atoms. The van der Waals surface area contributed by atoms with Gasteiger partial charge in [0.2, 0.25) is 0 Å². The lowest BCUT2D eigenvalue weighted by atomic mass is 9.93. The van der Waals surface area contributed by atoms with Gasteiger partial charge in [0.1, 0.15) is 12.2 Å². The second kappa shape index (κ2) is 6.41. The van der Waals surface area contributed by atoms with E-state index in [0.717, 1.165) is 0 Å². The molecule has 1 heterocycles. The fourth-order valence-electron chi connectivity index (χ4n) is 3.41. The Morgan fingerprint density at radius 1 is 1.39 bits per heavy atom. The number of hydrogen-bond donors (Lipinski definition) is 1. The lowest BCUT2D eigenvalue weighted by Gasteiger charge is -2.22. The lowest BCUT2D eigenvalue weighted by molar-refractivity contribution is -0.149. The molecule has 1 aromatic carbocycles. The summed E-state index contributed by atoms with van der Waals surface area (Å²) in [5.74, 6) is -2.29. The van der Waals surface area contributed by atoms with Gasteiger partial charge in [-0.15, -0.1) is 0 Å². The van der Waals surface area contributed by atoms with Crippen LogP contribution in [0.1, 0.15) is 13.3 Å². The predicted octanol–water partition coefficient (Wildman–Crippen LogP) is 0.648. The van der Waals surface area contributed by atoms with Gasteiger partial charge in [0, 0.05) is 10.8 Å². The van der Waals surface area contributed by atoms with Crippen LogP contribution in [0.3, 0.4) is 0 Å². The highest BCUT2D eigenvalue weighted by atomic mass is 32.2. The van der Waals surface area contributed by atoms with Crippen molar-refractivity contribution in [3.05, 3.63) is 30.3 Å².